The quantitative estimate of drug-likeness (QED) is 0.613. The van der Waals surface area contributed by atoms with Crippen LogP contribution < -0.4 is 10.6 Å². The Labute approximate surface area is 179 Å². The number of rotatable bonds is 5. The highest BCUT2D eigenvalue weighted by atomic mass is 19.4. The maximum atomic E-state index is 13.6. The van der Waals surface area contributed by atoms with E-state index in [4.69, 9.17) is 4.74 Å². The topological polar surface area (TPSA) is 67.4 Å². The summed E-state index contributed by atoms with van der Waals surface area (Å²) in [7, 11) is 0. The highest BCUT2D eigenvalue weighted by Crippen LogP contribution is 2.44. The van der Waals surface area contributed by atoms with Crippen LogP contribution in [0.15, 0.2) is 18.2 Å². The fourth-order valence-electron chi connectivity index (χ4n) is 3.94. The maximum absolute atomic E-state index is 13.6. The van der Waals surface area contributed by atoms with Crippen LogP contribution in [0.4, 0.5) is 22.4 Å². The third-order valence-corrected chi connectivity index (χ3v) is 5.57. The molecule has 0 aliphatic heterocycles. The van der Waals surface area contributed by atoms with Gasteiger partial charge >= 0.3 is 12.3 Å². The van der Waals surface area contributed by atoms with Crippen LogP contribution in [-0.4, -0.2) is 23.6 Å². The van der Waals surface area contributed by atoms with Gasteiger partial charge in [-0.3, -0.25) is 4.79 Å². The van der Waals surface area contributed by atoms with Gasteiger partial charge in [-0.1, -0.05) is 13.8 Å². The van der Waals surface area contributed by atoms with Gasteiger partial charge < -0.3 is 15.4 Å². The molecular formula is C22H30F4N2O3. The van der Waals surface area contributed by atoms with Crippen molar-refractivity contribution in [2.24, 2.45) is 11.3 Å². The second-order valence-corrected chi connectivity index (χ2v) is 9.43. The van der Waals surface area contributed by atoms with Crippen LogP contribution in [0, 0.1) is 17.2 Å². The van der Waals surface area contributed by atoms with Crippen molar-refractivity contribution in [3.63, 3.8) is 0 Å². The minimum Gasteiger partial charge on any atom is -0.444 e. The van der Waals surface area contributed by atoms with E-state index in [1.54, 1.807) is 20.8 Å². The van der Waals surface area contributed by atoms with Crippen molar-refractivity contribution in [2.45, 2.75) is 78.2 Å². The van der Waals surface area contributed by atoms with Crippen LogP contribution in [-0.2, 0) is 22.3 Å². The van der Waals surface area contributed by atoms with E-state index in [0.717, 1.165) is 12.1 Å². The maximum Gasteiger partial charge on any atom is 0.416 e. The first-order valence-corrected chi connectivity index (χ1v) is 10.3. The zero-order valence-corrected chi connectivity index (χ0v) is 18.5. The van der Waals surface area contributed by atoms with Crippen LogP contribution in [0.2, 0.25) is 0 Å². The Morgan fingerprint density at radius 2 is 1.84 bits per heavy atom. The minimum atomic E-state index is -4.67. The summed E-state index contributed by atoms with van der Waals surface area (Å²) in [5.41, 5.74) is -2.51. The zero-order chi connectivity index (χ0) is 23.6. The summed E-state index contributed by atoms with van der Waals surface area (Å²) in [5, 5.41) is 5.45. The molecule has 5 nitrogen and oxygen atoms in total. The molecule has 0 heterocycles. The molecule has 1 aromatic rings. The van der Waals surface area contributed by atoms with Crippen molar-refractivity contribution < 1.29 is 31.9 Å². The van der Waals surface area contributed by atoms with Gasteiger partial charge in [0.05, 0.1) is 11.0 Å². The molecule has 31 heavy (non-hydrogen) atoms. The number of carbonyl (C=O) groups is 2. The summed E-state index contributed by atoms with van der Waals surface area (Å²) in [5.74, 6) is -1.41. The first-order chi connectivity index (χ1) is 14.1. The number of ether oxygens (including phenoxy) is 1. The zero-order valence-electron chi connectivity index (χ0n) is 18.5. The Morgan fingerprint density at radius 3 is 2.39 bits per heavy atom. The highest BCUT2D eigenvalue weighted by molar-refractivity contribution is 5.83. The largest absolute Gasteiger partial charge is 0.444 e. The SMILES string of the molecule is CC(C)[C@]1(C(=O)NCc2cc(F)cc(C(F)(F)F)c2)CC[C@@H](NC(=O)OC(C)(C)C)C1. The second-order valence-electron chi connectivity index (χ2n) is 9.43. The molecule has 1 aliphatic rings. The lowest BCUT2D eigenvalue weighted by atomic mass is 9.74. The van der Waals surface area contributed by atoms with Crippen LogP contribution in [0.5, 0.6) is 0 Å². The van der Waals surface area contributed by atoms with Gasteiger partial charge in [-0.05, 0) is 69.7 Å². The minimum absolute atomic E-state index is 0.0287. The molecule has 0 unspecified atom stereocenters. The molecule has 1 aromatic carbocycles. The van der Waals surface area contributed by atoms with E-state index in [-0.39, 0.29) is 30.0 Å². The normalized spacial score (nSPS) is 21.8. The van der Waals surface area contributed by atoms with Crippen molar-refractivity contribution in [1.82, 2.24) is 10.6 Å². The first-order valence-electron chi connectivity index (χ1n) is 10.3. The summed E-state index contributed by atoms with van der Waals surface area (Å²) >= 11 is 0. The average Bonchev–Trinajstić information content (AvgIpc) is 3.02. The molecule has 2 rings (SSSR count). The van der Waals surface area contributed by atoms with E-state index in [1.165, 1.54) is 0 Å². The molecule has 174 valence electrons. The predicted octanol–water partition coefficient (Wildman–Crippen LogP) is 5.18. The molecule has 0 saturated heterocycles. The van der Waals surface area contributed by atoms with E-state index in [9.17, 15) is 27.2 Å². The number of benzene rings is 1. The molecule has 2 amide bonds. The van der Waals surface area contributed by atoms with Gasteiger partial charge in [0.2, 0.25) is 5.91 Å². The molecule has 0 aromatic heterocycles. The van der Waals surface area contributed by atoms with Gasteiger partial charge in [0.15, 0.2) is 0 Å². The third kappa shape index (κ3) is 6.58. The van der Waals surface area contributed by atoms with E-state index in [2.05, 4.69) is 10.6 Å². The Balaban J connectivity index is 2.07. The van der Waals surface area contributed by atoms with E-state index in [0.29, 0.717) is 25.3 Å². The summed E-state index contributed by atoms with van der Waals surface area (Å²) in [6.45, 7) is 8.81. The Morgan fingerprint density at radius 1 is 1.19 bits per heavy atom. The van der Waals surface area contributed by atoms with E-state index >= 15 is 0 Å². The molecule has 1 saturated carbocycles. The molecule has 0 spiro atoms. The standard InChI is InChI=1S/C22H30F4N2O3/c1-13(2)21(7-6-17(11-21)28-19(30)31-20(3,4)5)18(29)27-12-14-8-15(22(24,25)26)10-16(23)9-14/h8-10,13,17H,6-7,11-12H2,1-5H3,(H,27,29)(H,28,30)/t17-,21+/m1/s1. The molecule has 9 heteroatoms. The van der Waals surface area contributed by atoms with Gasteiger partial charge in [-0.15, -0.1) is 0 Å². The van der Waals surface area contributed by atoms with Crippen molar-refractivity contribution in [1.29, 1.82) is 0 Å². The monoisotopic (exact) mass is 446 g/mol. The lowest BCUT2D eigenvalue weighted by Crippen LogP contribution is -2.45. The number of alkyl carbamates (subject to hydrolysis) is 1. The van der Waals surface area contributed by atoms with Crippen LogP contribution in [0.3, 0.4) is 0 Å². The molecule has 0 bridgehead atoms. The van der Waals surface area contributed by atoms with Gasteiger partial charge in [0.1, 0.15) is 11.4 Å². The number of nitrogens with one attached hydrogen (secondary N) is 2. The van der Waals surface area contributed by atoms with Crippen LogP contribution >= 0.6 is 0 Å². The van der Waals surface area contributed by atoms with E-state index < -0.39 is 34.7 Å². The molecule has 2 N–H and O–H groups in total. The van der Waals surface area contributed by atoms with Crippen molar-refractivity contribution in [2.75, 3.05) is 0 Å². The summed E-state index contributed by atoms with van der Waals surface area (Å²) in [6, 6.07) is 1.96. The predicted molar refractivity (Wildman–Crippen MR) is 108 cm³/mol. The van der Waals surface area contributed by atoms with Crippen LogP contribution in [0.25, 0.3) is 0 Å². The Hall–Kier alpha value is -2.32. The summed E-state index contributed by atoms with van der Waals surface area (Å²) in [4.78, 5) is 25.1. The highest BCUT2D eigenvalue weighted by Gasteiger charge is 2.48. The summed E-state index contributed by atoms with van der Waals surface area (Å²) < 4.78 is 57.6. The summed E-state index contributed by atoms with van der Waals surface area (Å²) in [6.07, 6.45) is -3.77. The number of amides is 2. The molecule has 1 aliphatic carbocycles. The lowest BCUT2D eigenvalue weighted by Gasteiger charge is -2.32. The molecule has 1 fully saturated rings. The van der Waals surface area contributed by atoms with Crippen molar-refractivity contribution in [3.8, 4) is 0 Å². The second kappa shape index (κ2) is 9.04. The van der Waals surface area contributed by atoms with Crippen molar-refractivity contribution in [3.05, 3.63) is 35.1 Å². The van der Waals surface area contributed by atoms with Crippen LogP contribution in [0.1, 0.15) is 65.0 Å². The van der Waals surface area contributed by atoms with Gasteiger partial charge in [0, 0.05) is 12.6 Å². The molecule has 0 radical (unpaired) electrons. The number of hydrogen-bond acceptors (Lipinski definition) is 3. The Bertz CT molecular complexity index is 818. The first kappa shape index (κ1) is 24.9. The average molecular weight is 446 g/mol. The van der Waals surface area contributed by atoms with Gasteiger partial charge in [-0.2, -0.15) is 13.2 Å². The fourth-order valence-corrected chi connectivity index (χ4v) is 3.94. The number of hydrogen-bond donors (Lipinski definition) is 2. The Kier molecular flexibility index (Phi) is 7.28. The molecular weight excluding hydrogens is 416 g/mol. The van der Waals surface area contributed by atoms with Gasteiger partial charge in [0.25, 0.3) is 0 Å². The third-order valence-electron chi connectivity index (χ3n) is 5.57. The smallest absolute Gasteiger partial charge is 0.416 e. The number of halogens is 4. The number of carbonyl (C=O) groups excluding carboxylic acids is 2. The fraction of sp³-hybridized carbons (Fsp3) is 0.636. The molecule has 2 atom stereocenters. The van der Waals surface area contributed by atoms with E-state index in [1.807, 2.05) is 13.8 Å². The lowest BCUT2D eigenvalue weighted by molar-refractivity contribution is -0.137. The number of alkyl halides is 3. The van der Waals surface area contributed by atoms with Gasteiger partial charge in [-0.25, -0.2) is 9.18 Å². The van der Waals surface area contributed by atoms with Crippen molar-refractivity contribution >= 4 is 12.0 Å².